The molecule has 0 aromatic carbocycles. The zero-order valence-corrected chi connectivity index (χ0v) is 7.42. The van der Waals surface area contributed by atoms with Gasteiger partial charge in [0.2, 0.25) is 0 Å². The molecule has 0 fully saturated rings. The SMILES string of the molecule is CC(C)C(C)OC[C@@H](C)N. The normalized spacial score (nSPS) is 17.4. The molecule has 0 aliphatic heterocycles. The van der Waals surface area contributed by atoms with Gasteiger partial charge in [-0.3, -0.25) is 0 Å². The Balaban J connectivity index is 3.30. The highest BCUT2D eigenvalue weighted by molar-refractivity contribution is 4.57. The Labute approximate surface area is 63.7 Å². The molecule has 2 N–H and O–H groups in total. The van der Waals surface area contributed by atoms with Crippen molar-refractivity contribution in [1.29, 1.82) is 0 Å². The van der Waals surface area contributed by atoms with Gasteiger partial charge < -0.3 is 10.5 Å². The molecule has 0 aliphatic carbocycles. The van der Waals surface area contributed by atoms with Gasteiger partial charge >= 0.3 is 0 Å². The van der Waals surface area contributed by atoms with E-state index in [0.717, 1.165) is 0 Å². The minimum absolute atomic E-state index is 0.154. The fourth-order valence-electron chi connectivity index (χ4n) is 0.496. The number of ether oxygens (including phenoxy) is 1. The Kier molecular flexibility index (Phi) is 4.65. The van der Waals surface area contributed by atoms with Crippen molar-refractivity contribution in [3.8, 4) is 0 Å². The predicted molar refractivity (Wildman–Crippen MR) is 43.9 cm³/mol. The average Bonchev–Trinajstić information content (AvgIpc) is 1.82. The molecule has 0 radical (unpaired) electrons. The summed E-state index contributed by atoms with van der Waals surface area (Å²) in [6.07, 6.45) is 0.325. The first-order valence-electron chi connectivity index (χ1n) is 3.91. The Morgan fingerprint density at radius 2 is 1.70 bits per heavy atom. The van der Waals surface area contributed by atoms with Crippen LogP contribution in [0.3, 0.4) is 0 Å². The highest BCUT2D eigenvalue weighted by Crippen LogP contribution is 2.04. The molecular formula is C8H19NO. The predicted octanol–water partition coefficient (Wildman–Crippen LogP) is 1.39. The minimum Gasteiger partial charge on any atom is -0.377 e. The van der Waals surface area contributed by atoms with Gasteiger partial charge in [-0.2, -0.15) is 0 Å². The van der Waals surface area contributed by atoms with E-state index in [1.165, 1.54) is 0 Å². The lowest BCUT2D eigenvalue weighted by molar-refractivity contribution is 0.0296. The third-order valence-corrected chi connectivity index (χ3v) is 1.56. The summed E-state index contributed by atoms with van der Waals surface area (Å²) >= 11 is 0. The number of hydrogen-bond acceptors (Lipinski definition) is 2. The lowest BCUT2D eigenvalue weighted by Crippen LogP contribution is -2.26. The standard InChI is InChI=1S/C8H19NO/c1-6(2)8(4)10-5-7(3)9/h6-8H,5,9H2,1-4H3/t7-,8?/m1/s1. The maximum atomic E-state index is 5.52. The van der Waals surface area contributed by atoms with Gasteiger partial charge in [-0.25, -0.2) is 0 Å². The van der Waals surface area contributed by atoms with Gasteiger partial charge in [0.05, 0.1) is 12.7 Å². The summed E-state index contributed by atoms with van der Waals surface area (Å²) in [5.74, 6) is 0.582. The second kappa shape index (κ2) is 4.69. The van der Waals surface area contributed by atoms with Crippen molar-refractivity contribution in [3.63, 3.8) is 0 Å². The minimum atomic E-state index is 0.154. The molecule has 2 nitrogen and oxygen atoms in total. The monoisotopic (exact) mass is 145 g/mol. The van der Waals surface area contributed by atoms with E-state index in [9.17, 15) is 0 Å². The van der Waals surface area contributed by atoms with Gasteiger partial charge in [0.1, 0.15) is 0 Å². The van der Waals surface area contributed by atoms with E-state index in [0.29, 0.717) is 18.6 Å². The van der Waals surface area contributed by atoms with E-state index < -0.39 is 0 Å². The fraction of sp³-hybridized carbons (Fsp3) is 1.00. The van der Waals surface area contributed by atoms with Crippen LogP contribution in [0.5, 0.6) is 0 Å². The number of nitrogens with two attached hydrogens (primary N) is 1. The molecule has 0 saturated heterocycles. The molecule has 2 atom stereocenters. The highest BCUT2D eigenvalue weighted by atomic mass is 16.5. The van der Waals surface area contributed by atoms with Crippen molar-refractivity contribution in [2.45, 2.75) is 39.8 Å². The molecule has 0 amide bonds. The molecule has 0 aromatic heterocycles. The smallest absolute Gasteiger partial charge is 0.0618 e. The molecule has 2 heteroatoms. The molecule has 62 valence electrons. The first-order chi connectivity index (χ1) is 4.54. The largest absolute Gasteiger partial charge is 0.377 e. The van der Waals surface area contributed by atoms with Crippen molar-refractivity contribution in [2.24, 2.45) is 11.7 Å². The lowest BCUT2D eigenvalue weighted by Gasteiger charge is -2.17. The molecule has 0 spiro atoms. The van der Waals surface area contributed by atoms with Crippen molar-refractivity contribution < 1.29 is 4.74 Å². The van der Waals surface area contributed by atoms with Crippen molar-refractivity contribution in [2.75, 3.05) is 6.61 Å². The van der Waals surface area contributed by atoms with Gasteiger partial charge in [-0.15, -0.1) is 0 Å². The highest BCUT2D eigenvalue weighted by Gasteiger charge is 2.07. The van der Waals surface area contributed by atoms with Crippen LogP contribution in [0.15, 0.2) is 0 Å². The molecule has 0 rings (SSSR count). The Morgan fingerprint density at radius 1 is 1.20 bits per heavy atom. The molecule has 0 saturated carbocycles. The summed E-state index contributed by atoms with van der Waals surface area (Å²) in [5, 5.41) is 0. The molecule has 0 aliphatic rings. The summed E-state index contributed by atoms with van der Waals surface area (Å²) in [6, 6.07) is 0.154. The first-order valence-corrected chi connectivity index (χ1v) is 3.91. The van der Waals surface area contributed by atoms with E-state index in [1.54, 1.807) is 0 Å². The zero-order valence-electron chi connectivity index (χ0n) is 7.42. The van der Waals surface area contributed by atoms with Crippen molar-refractivity contribution in [3.05, 3.63) is 0 Å². The van der Waals surface area contributed by atoms with Crippen LogP contribution in [0.1, 0.15) is 27.7 Å². The van der Waals surface area contributed by atoms with Gasteiger partial charge in [-0.1, -0.05) is 13.8 Å². The quantitative estimate of drug-likeness (QED) is 0.649. The van der Waals surface area contributed by atoms with E-state index in [-0.39, 0.29) is 6.04 Å². The molecular weight excluding hydrogens is 126 g/mol. The molecule has 0 aromatic rings. The maximum Gasteiger partial charge on any atom is 0.0618 e. The van der Waals surface area contributed by atoms with Gasteiger partial charge in [0.25, 0.3) is 0 Å². The summed E-state index contributed by atoms with van der Waals surface area (Å²) in [5.41, 5.74) is 5.52. The van der Waals surface area contributed by atoms with Crippen LogP contribution in [0.2, 0.25) is 0 Å². The molecule has 0 bridgehead atoms. The molecule has 10 heavy (non-hydrogen) atoms. The fourth-order valence-corrected chi connectivity index (χ4v) is 0.496. The van der Waals surface area contributed by atoms with Crippen LogP contribution >= 0.6 is 0 Å². The second-order valence-electron chi connectivity index (χ2n) is 3.26. The van der Waals surface area contributed by atoms with Crippen LogP contribution < -0.4 is 5.73 Å². The summed E-state index contributed by atoms with van der Waals surface area (Å²) in [6.45, 7) is 8.98. The zero-order chi connectivity index (χ0) is 8.15. The number of hydrogen-bond donors (Lipinski definition) is 1. The average molecular weight is 145 g/mol. The Hall–Kier alpha value is -0.0800. The second-order valence-corrected chi connectivity index (χ2v) is 3.26. The van der Waals surface area contributed by atoms with Crippen LogP contribution in [0.25, 0.3) is 0 Å². The van der Waals surface area contributed by atoms with E-state index in [1.807, 2.05) is 6.92 Å². The van der Waals surface area contributed by atoms with Crippen LogP contribution in [-0.2, 0) is 4.74 Å². The Morgan fingerprint density at radius 3 is 2.00 bits per heavy atom. The maximum absolute atomic E-state index is 5.52. The van der Waals surface area contributed by atoms with Crippen LogP contribution in [0, 0.1) is 5.92 Å². The van der Waals surface area contributed by atoms with Gasteiger partial charge in [0.15, 0.2) is 0 Å². The third-order valence-electron chi connectivity index (χ3n) is 1.56. The topological polar surface area (TPSA) is 35.2 Å². The third kappa shape index (κ3) is 4.77. The van der Waals surface area contributed by atoms with E-state index in [4.69, 9.17) is 10.5 Å². The molecule has 0 heterocycles. The number of rotatable bonds is 4. The lowest BCUT2D eigenvalue weighted by atomic mass is 10.1. The summed E-state index contributed by atoms with van der Waals surface area (Å²) < 4.78 is 5.44. The first kappa shape index (κ1) is 9.92. The van der Waals surface area contributed by atoms with Gasteiger partial charge in [0, 0.05) is 6.04 Å². The van der Waals surface area contributed by atoms with Crippen LogP contribution in [0.4, 0.5) is 0 Å². The Bertz CT molecular complexity index is 81.3. The molecule has 1 unspecified atom stereocenters. The van der Waals surface area contributed by atoms with Crippen LogP contribution in [-0.4, -0.2) is 18.8 Å². The van der Waals surface area contributed by atoms with Crippen molar-refractivity contribution >= 4 is 0 Å². The van der Waals surface area contributed by atoms with Crippen molar-refractivity contribution in [1.82, 2.24) is 0 Å². The summed E-state index contributed by atoms with van der Waals surface area (Å²) in [7, 11) is 0. The van der Waals surface area contributed by atoms with Gasteiger partial charge in [-0.05, 0) is 19.8 Å². The summed E-state index contributed by atoms with van der Waals surface area (Å²) in [4.78, 5) is 0. The van der Waals surface area contributed by atoms with E-state index >= 15 is 0 Å². The van der Waals surface area contributed by atoms with E-state index in [2.05, 4.69) is 20.8 Å².